The molecule has 0 aliphatic carbocycles. The molecule has 0 aromatic carbocycles. The van der Waals surface area contributed by atoms with Gasteiger partial charge in [-0.1, -0.05) is 11.3 Å². The van der Waals surface area contributed by atoms with E-state index in [2.05, 4.69) is 15.2 Å². The van der Waals surface area contributed by atoms with E-state index in [1.807, 2.05) is 12.1 Å². The van der Waals surface area contributed by atoms with Crippen molar-refractivity contribution >= 4 is 22.1 Å². The third-order valence-electron chi connectivity index (χ3n) is 1.58. The highest BCUT2D eigenvalue weighted by Gasteiger charge is 2.08. The van der Waals surface area contributed by atoms with Crippen LogP contribution in [0.2, 0.25) is 0 Å². The molecule has 14 heavy (non-hydrogen) atoms. The summed E-state index contributed by atoms with van der Waals surface area (Å²) in [5.74, 6) is 0. The van der Waals surface area contributed by atoms with E-state index >= 15 is 0 Å². The highest BCUT2D eigenvalue weighted by Crippen LogP contribution is 2.23. The lowest BCUT2D eigenvalue weighted by Crippen LogP contribution is -1.84. The molecule has 0 spiro atoms. The highest BCUT2D eigenvalue weighted by atomic mass is 32.2. The van der Waals surface area contributed by atoms with Gasteiger partial charge in [0.1, 0.15) is 5.01 Å². The molecule has 2 rings (SSSR count). The maximum absolute atomic E-state index is 11.1. The van der Waals surface area contributed by atoms with E-state index in [4.69, 9.17) is 0 Å². The Balaban J connectivity index is 2.39. The van der Waals surface area contributed by atoms with E-state index in [0.717, 1.165) is 10.6 Å². The summed E-state index contributed by atoms with van der Waals surface area (Å²) in [6.07, 6.45) is 4.98. The molecule has 2 aromatic heterocycles. The minimum absolute atomic E-state index is 0.553. The van der Waals surface area contributed by atoms with Gasteiger partial charge in [-0.2, -0.15) is 0 Å². The van der Waals surface area contributed by atoms with Gasteiger partial charge in [0.25, 0.3) is 0 Å². The summed E-state index contributed by atoms with van der Waals surface area (Å²) in [6.45, 7) is 0. The number of hydrogen-bond acceptors (Lipinski definition) is 5. The first-order chi connectivity index (χ1) is 6.77. The number of hydrogen-bond donors (Lipinski definition) is 0. The van der Waals surface area contributed by atoms with Crippen LogP contribution in [-0.4, -0.2) is 25.6 Å². The van der Waals surface area contributed by atoms with Crippen LogP contribution >= 0.6 is 11.3 Å². The van der Waals surface area contributed by atoms with Gasteiger partial charge in [0.2, 0.25) is 4.34 Å². The average molecular weight is 225 g/mol. The third kappa shape index (κ3) is 1.85. The van der Waals surface area contributed by atoms with E-state index in [0.29, 0.717) is 4.34 Å². The Morgan fingerprint density at radius 2 is 2.00 bits per heavy atom. The Bertz CT molecular complexity index is 455. The van der Waals surface area contributed by atoms with Gasteiger partial charge < -0.3 is 0 Å². The van der Waals surface area contributed by atoms with Crippen molar-refractivity contribution in [3.8, 4) is 10.6 Å². The maximum Gasteiger partial charge on any atom is 0.204 e. The minimum atomic E-state index is -1.05. The highest BCUT2D eigenvalue weighted by molar-refractivity contribution is 7.86. The van der Waals surface area contributed by atoms with Crippen molar-refractivity contribution in [1.29, 1.82) is 0 Å². The summed E-state index contributed by atoms with van der Waals surface area (Å²) in [6, 6.07) is 3.70. The zero-order valence-corrected chi connectivity index (χ0v) is 9.01. The minimum Gasteiger partial charge on any atom is -0.265 e. The second-order valence-corrected chi connectivity index (χ2v) is 5.09. The van der Waals surface area contributed by atoms with E-state index in [1.54, 1.807) is 18.6 Å². The summed E-state index contributed by atoms with van der Waals surface area (Å²) in [5.41, 5.74) is 0.953. The van der Waals surface area contributed by atoms with Gasteiger partial charge in [0, 0.05) is 24.2 Å². The summed E-state index contributed by atoms with van der Waals surface area (Å²) >= 11 is 1.34. The fourth-order valence-corrected chi connectivity index (χ4v) is 2.38. The first kappa shape index (κ1) is 9.42. The fourth-order valence-electron chi connectivity index (χ4n) is 0.937. The molecule has 0 saturated heterocycles. The smallest absolute Gasteiger partial charge is 0.204 e. The standard InChI is InChI=1S/C8H7N3OS2/c1-14(12)8-11-10-7(13-8)6-2-4-9-5-3-6/h2-5H,1H3. The van der Waals surface area contributed by atoms with Crippen molar-refractivity contribution in [1.82, 2.24) is 15.2 Å². The van der Waals surface area contributed by atoms with E-state index in [9.17, 15) is 4.21 Å². The molecule has 1 unspecified atom stereocenters. The third-order valence-corrected chi connectivity index (χ3v) is 3.87. The topological polar surface area (TPSA) is 55.7 Å². The van der Waals surface area contributed by atoms with Gasteiger partial charge in [0.15, 0.2) is 0 Å². The summed E-state index contributed by atoms with van der Waals surface area (Å²) in [5, 5.41) is 8.57. The van der Waals surface area contributed by atoms with Crippen molar-refractivity contribution in [3.05, 3.63) is 24.5 Å². The molecule has 72 valence electrons. The van der Waals surface area contributed by atoms with Gasteiger partial charge in [0.05, 0.1) is 10.8 Å². The van der Waals surface area contributed by atoms with Crippen LogP contribution in [0.3, 0.4) is 0 Å². The summed E-state index contributed by atoms with van der Waals surface area (Å²) in [7, 11) is -1.05. The molecular formula is C8H7N3OS2. The zero-order chi connectivity index (χ0) is 9.97. The van der Waals surface area contributed by atoms with Crippen LogP contribution in [0, 0.1) is 0 Å². The molecule has 0 amide bonds. The lowest BCUT2D eigenvalue weighted by Gasteiger charge is -1.90. The number of pyridine rings is 1. The second kappa shape index (κ2) is 3.93. The predicted molar refractivity (Wildman–Crippen MR) is 55.5 cm³/mol. The van der Waals surface area contributed by atoms with Gasteiger partial charge in [-0.05, 0) is 12.1 Å². The van der Waals surface area contributed by atoms with Crippen LogP contribution in [0.4, 0.5) is 0 Å². The largest absolute Gasteiger partial charge is 0.265 e. The second-order valence-electron chi connectivity index (χ2n) is 2.56. The fraction of sp³-hybridized carbons (Fsp3) is 0.125. The van der Waals surface area contributed by atoms with Crippen molar-refractivity contribution < 1.29 is 4.21 Å². The van der Waals surface area contributed by atoms with Crippen molar-refractivity contribution in [3.63, 3.8) is 0 Å². The molecule has 0 radical (unpaired) electrons. The Morgan fingerprint density at radius 3 is 2.57 bits per heavy atom. The molecule has 4 nitrogen and oxygen atoms in total. The van der Waals surface area contributed by atoms with Crippen LogP contribution in [-0.2, 0) is 10.8 Å². The Hall–Kier alpha value is -1.14. The van der Waals surface area contributed by atoms with Gasteiger partial charge >= 0.3 is 0 Å². The molecule has 2 heterocycles. The van der Waals surface area contributed by atoms with Crippen LogP contribution in [0.1, 0.15) is 0 Å². The number of aromatic nitrogens is 3. The average Bonchev–Trinajstić information content (AvgIpc) is 2.68. The monoisotopic (exact) mass is 225 g/mol. The Kier molecular flexibility index (Phi) is 2.64. The summed E-state index contributed by atoms with van der Waals surface area (Å²) < 4.78 is 11.6. The first-order valence-electron chi connectivity index (χ1n) is 3.84. The SMILES string of the molecule is CS(=O)c1nnc(-c2ccncc2)s1. The molecule has 0 N–H and O–H groups in total. The van der Waals surface area contributed by atoms with Gasteiger partial charge in [-0.25, -0.2) is 0 Å². The first-order valence-corrected chi connectivity index (χ1v) is 6.22. The molecule has 0 bridgehead atoms. The molecule has 2 aromatic rings. The van der Waals surface area contributed by atoms with Gasteiger partial charge in [-0.15, -0.1) is 10.2 Å². The molecule has 0 aliphatic rings. The van der Waals surface area contributed by atoms with Crippen molar-refractivity contribution in [2.45, 2.75) is 4.34 Å². The molecule has 0 saturated carbocycles. The predicted octanol–water partition coefficient (Wildman–Crippen LogP) is 1.34. The quantitative estimate of drug-likeness (QED) is 0.774. The zero-order valence-electron chi connectivity index (χ0n) is 7.38. The lowest BCUT2D eigenvalue weighted by molar-refractivity contribution is 0.685. The van der Waals surface area contributed by atoms with E-state index in [-0.39, 0.29) is 0 Å². The Labute approximate surface area is 87.5 Å². The molecule has 0 aliphatic heterocycles. The van der Waals surface area contributed by atoms with Crippen LogP contribution in [0.15, 0.2) is 28.9 Å². The van der Waals surface area contributed by atoms with E-state index in [1.165, 1.54) is 11.3 Å². The molecular weight excluding hydrogens is 218 g/mol. The van der Waals surface area contributed by atoms with Crippen molar-refractivity contribution in [2.24, 2.45) is 0 Å². The molecule has 1 atom stereocenters. The van der Waals surface area contributed by atoms with Crippen LogP contribution < -0.4 is 0 Å². The Morgan fingerprint density at radius 1 is 1.29 bits per heavy atom. The van der Waals surface area contributed by atoms with E-state index < -0.39 is 10.8 Å². The lowest BCUT2D eigenvalue weighted by atomic mass is 10.3. The maximum atomic E-state index is 11.1. The summed E-state index contributed by atoms with van der Waals surface area (Å²) in [4.78, 5) is 3.91. The molecule has 0 fully saturated rings. The van der Waals surface area contributed by atoms with Crippen LogP contribution in [0.25, 0.3) is 10.6 Å². The van der Waals surface area contributed by atoms with Gasteiger partial charge in [-0.3, -0.25) is 9.19 Å². The van der Waals surface area contributed by atoms with Crippen molar-refractivity contribution in [2.75, 3.05) is 6.26 Å². The van der Waals surface area contributed by atoms with Crippen LogP contribution in [0.5, 0.6) is 0 Å². The number of rotatable bonds is 2. The molecule has 6 heteroatoms. The number of nitrogens with zero attached hydrogens (tertiary/aromatic N) is 3. The normalized spacial score (nSPS) is 12.6.